The van der Waals surface area contributed by atoms with Gasteiger partial charge in [-0.25, -0.2) is 0 Å². The molecule has 2 atom stereocenters. The fraction of sp³-hybridized carbons (Fsp3) is 0.667. The zero-order chi connectivity index (χ0) is 19.2. The minimum Gasteiger partial charge on any atom is -0.497 e. The van der Waals surface area contributed by atoms with Gasteiger partial charge in [0.25, 0.3) is 0 Å². The SMILES string of the molecule is COc1ccc(CCN2CCC(CN(C)C(=O)C3CC(O)CN3)CC2)cc1. The molecule has 0 bridgehead atoms. The number of hydrogen-bond donors (Lipinski definition) is 2. The van der Waals surface area contributed by atoms with Crippen LogP contribution in [0.2, 0.25) is 0 Å². The van der Waals surface area contributed by atoms with Crippen LogP contribution in [0.15, 0.2) is 24.3 Å². The topological polar surface area (TPSA) is 65.0 Å². The molecule has 2 heterocycles. The lowest BCUT2D eigenvalue weighted by Gasteiger charge is -2.34. The molecule has 2 fully saturated rings. The van der Waals surface area contributed by atoms with E-state index in [1.54, 1.807) is 7.11 Å². The third kappa shape index (κ3) is 5.67. The van der Waals surface area contributed by atoms with Crippen LogP contribution in [0.3, 0.4) is 0 Å². The van der Waals surface area contributed by atoms with E-state index in [0.717, 1.165) is 51.2 Å². The molecule has 0 radical (unpaired) electrons. The number of likely N-dealkylation sites (N-methyl/N-ethyl adjacent to an activating group) is 1. The number of nitrogens with zero attached hydrogens (tertiary/aromatic N) is 2. The Morgan fingerprint density at radius 2 is 2.00 bits per heavy atom. The number of aliphatic hydroxyl groups excluding tert-OH is 1. The third-order valence-corrected chi connectivity index (χ3v) is 5.90. The number of carbonyl (C=O) groups is 1. The van der Waals surface area contributed by atoms with Crippen LogP contribution in [-0.4, -0.2) is 79.8 Å². The third-order valence-electron chi connectivity index (χ3n) is 5.90. The monoisotopic (exact) mass is 375 g/mol. The smallest absolute Gasteiger partial charge is 0.239 e. The maximum absolute atomic E-state index is 12.5. The van der Waals surface area contributed by atoms with E-state index in [9.17, 15) is 9.90 Å². The van der Waals surface area contributed by atoms with Crippen molar-refractivity contribution in [3.05, 3.63) is 29.8 Å². The molecule has 0 aromatic heterocycles. The molecule has 6 nitrogen and oxygen atoms in total. The van der Waals surface area contributed by atoms with Gasteiger partial charge in [0.2, 0.25) is 5.91 Å². The molecule has 2 unspecified atom stereocenters. The van der Waals surface area contributed by atoms with Crippen LogP contribution < -0.4 is 10.1 Å². The first kappa shape index (κ1) is 20.1. The summed E-state index contributed by atoms with van der Waals surface area (Å²) in [6, 6.07) is 8.11. The van der Waals surface area contributed by atoms with Crippen molar-refractivity contribution in [2.45, 2.75) is 37.8 Å². The van der Waals surface area contributed by atoms with E-state index in [1.807, 2.05) is 24.1 Å². The molecule has 2 saturated heterocycles. The van der Waals surface area contributed by atoms with Crippen molar-refractivity contribution in [3.8, 4) is 5.75 Å². The fourth-order valence-corrected chi connectivity index (χ4v) is 4.12. The summed E-state index contributed by atoms with van der Waals surface area (Å²) in [7, 11) is 3.59. The molecule has 0 spiro atoms. The van der Waals surface area contributed by atoms with Gasteiger partial charge < -0.3 is 25.0 Å². The number of likely N-dealkylation sites (tertiary alicyclic amines) is 1. The van der Waals surface area contributed by atoms with Crippen LogP contribution >= 0.6 is 0 Å². The lowest BCUT2D eigenvalue weighted by atomic mass is 9.95. The lowest BCUT2D eigenvalue weighted by Crippen LogP contribution is -2.45. The van der Waals surface area contributed by atoms with Crippen molar-refractivity contribution in [2.75, 3.05) is 46.9 Å². The van der Waals surface area contributed by atoms with Crippen molar-refractivity contribution in [3.63, 3.8) is 0 Å². The van der Waals surface area contributed by atoms with Gasteiger partial charge in [-0.1, -0.05) is 12.1 Å². The second-order valence-corrected chi connectivity index (χ2v) is 7.95. The van der Waals surface area contributed by atoms with Gasteiger partial charge in [-0.2, -0.15) is 0 Å². The minimum atomic E-state index is -0.388. The number of carbonyl (C=O) groups excluding carboxylic acids is 1. The van der Waals surface area contributed by atoms with Gasteiger partial charge in [-0.05, 0) is 62.4 Å². The highest BCUT2D eigenvalue weighted by Gasteiger charge is 2.31. The van der Waals surface area contributed by atoms with Crippen molar-refractivity contribution >= 4 is 5.91 Å². The fourth-order valence-electron chi connectivity index (χ4n) is 4.12. The molecule has 150 valence electrons. The van der Waals surface area contributed by atoms with Crippen LogP contribution in [0, 0.1) is 5.92 Å². The van der Waals surface area contributed by atoms with Crippen LogP contribution in [-0.2, 0) is 11.2 Å². The Hall–Kier alpha value is -1.63. The molecule has 6 heteroatoms. The number of nitrogens with one attached hydrogen (secondary N) is 1. The molecule has 0 aliphatic carbocycles. The Morgan fingerprint density at radius 3 is 2.59 bits per heavy atom. The van der Waals surface area contributed by atoms with Crippen molar-refractivity contribution in [1.82, 2.24) is 15.1 Å². The first-order valence-electron chi connectivity index (χ1n) is 10.1. The molecule has 1 aromatic carbocycles. The molecule has 2 N–H and O–H groups in total. The van der Waals surface area contributed by atoms with Gasteiger partial charge in [-0.15, -0.1) is 0 Å². The largest absolute Gasteiger partial charge is 0.497 e. The van der Waals surface area contributed by atoms with E-state index >= 15 is 0 Å². The second-order valence-electron chi connectivity index (χ2n) is 7.95. The zero-order valence-corrected chi connectivity index (χ0v) is 16.6. The van der Waals surface area contributed by atoms with Crippen LogP contribution in [0.1, 0.15) is 24.8 Å². The normalized spacial score (nSPS) is 24.1. The number of aliphatic hydroxyl groups is 1. The molecule has 2 aliphatic heterocycles. The summed E-state index contributed by atoms with van der Waals surface area (Å²) < 4.78 is 5.21. The predicted octanol–water partition coefficient (Wildman–Crippen LogP) is 1.13. The highest BCUT2D eigenvalue weighted by molar-refractivity contribution is 5.82. The standard InChI is InChI=1S/C21H33N3O3/c1-23(21(26)20-13-18(25)14-22-20)15-17-8-11-24(12-9-17)10-7-16-3-5-19(27-2)6-4-16/h3-6,17-18,20,22,25H,7-15H2,1-2H3. The van der Waals surface area contributed by atoms with Crippen LogP contribution in [0.4, 0.5) is 0 Å². The van der Waals surface area contributed by atoms with Gasteiger partial charge >= 0.3 is 0 Å². The molecular formula is C21H33N3O3. The molecular weight excluding hydrogens is 342 g/mol. The van der Waals surface area contributed by atoms with Crippen molar-refractivity contribution in [2.24, 2.45) is 5.92 Å². The summed E-state index contributed by atoms with van der Waals surface area (Å²) in [6.07, 6.45) is 3.48. The highest BCUT2D eigenvalue weighted by atomic mass is 16.5. The second kappa shape index (κ2) is 9.53. The average molecular weight is 376 g/mol. The number of β-amino-alcohol motifs (C(OH)–C–C–N with tert-alkyl or cyclic N) is 1. The van der Waals surface area contributed by atoms with Gasteiger partial charge in [-0.3, -0.25) is 4.79 Å². The van der Waals surface area contributed by atoms with Crippen LogP contribution in [0.25, 0.3) is 0 Å². The Labute approximate surface area is 162 Å². The Balaban J connectivity index is 1.36. The molecule has 0 saturated carbocycles. The maximum Gasteiger partial charge on any atom is 0.239 e. The number of methoxy groups -OCH3 is 1. The highest BCUT2D eigenvalue weighted by Crippen LogP contribution is 2.20. The van der Waals surface area contributed by atoms with Crippen molar-refractivity contribution in [1.29, 1.82) is 0 Å². The van der Waals surface area contributed by atoms with E-state index in [4.69, 9.17) is 4.74 Å². The summed E-state index contributed by atoms with van der Waals surface area (Å²) in [5.41, 5.74) is 1.34. The summed E-state index contributed by atoms with van der Waals surface area (Å²) in [6.45, 7) is 4.63. The van der Waals surface area contributed by atoms with E-state index in [0.29, 0.717) is 18.9 Å². The number of piperidine rings is 1. The zero-order valence-electron chi connectivity index (χ0n) is 16.6. The van der Waals surface area contributed by atoms with Gasteiger partial charge in [0.1, 0.15) is 5.75 Å². The summed E-state index contributed by atoms with van der Waals surface area (Å²) in [5, 5.41) is 12.7. The quantitative estimate of drug-likeness (QED) is 0.748. The minimum absolute atomic E-state index is 0.119. The maximum atomic E-state index is 12.5. The first-order chi connectivity index (χ1) is 13.0. The molecule has 1 amide bonds. The number of rotatable bonds is 7. The van der Waals surface area contributed by atoms with E-state index in [-0.39, 0.29) is 18.1 Å². The Morgan fingerprint density at radius 1 is 1.30 bits per heavy atom. The van der Waals surface area contributed by atoms with Crippen LogP contribution in [0.5, 0.6) is 5.75 Å². The molecule has 2 aliphatic rings. The Bertz CT molecular complexity index is 599. The number of ether oxygens (including phenoxy) is 1. The predicted molar refractivity (Wildman–Crippen MR) is 106 cm³/mol. The van der Waals surface area contributed by atoms with Gasteiger partial charge in [0.05, 0.1) is 19.3 Å². The molecule has 27 heavy (non-hydrogen) atoms. The number of benzene rings is 1. The number of hydrogen-bond acceptors (Lipinski definition) is 5. The average Bonchev–Trinajstić information content (AvgIpc) is 3.13. The lowest BCUT2D eigenvalue weighted by molar-refractivity contribution is -0.132. The van der Waals surface area contributed by atoms with Crippen molar-refractivity contribution < 1.29 is 14.6 Å². The molecule has 1 aromatic rings. The van der Waals surface area contributed by atoms with E-state index in [1.165, 1.54) is 5.56 Å². The first-order valence-corrected chi connectivity index (χ1v) is 10.1. The van der Waals surface area contributed by atoms with E-state index < -0.39 is 0 Å². The summed E-state index contributed by atoms with van der Waals surface area (Å²) in [4.78, 5) is 16.8. The van der Waals surface area contributed by atoms with E-state index in [2.05, 4.69) is 22.3 Å². The van der Waals surface area contributed by atoms with Gasteiger partial charge in [0, 0.05) is 26.7 Å². The Kier molecular flexibility index (Phi) is 7.10. The summed E-state index contributed by atoms with van der Waals surface area (Å²) >= 11 is 0. The van der Waals surface area contributed by atoms with Gasteiger partial charge in [0.15, 0.2) is 0 Å². The summed E-state index contributed by atoms with van der Waals surface area (Å²) in [5.74, 6) is 1.59. The molecule has 3 rings (SSSR count). The number of amides is 1.